The first-order valence-corrected chi connectivity index (χ1v) is 8.64. The van der Waals surface area contributed by atoms with E-state index >= 15 is 0 Å². The molecule has 1 amide bonds. The summed E-state index contributed by atoms with van der Waals surface area (Å²) in [4.78, 5) is 16.5. The second-order valence-electron chi connectivity index (χ2n) is 6.01. The van der Waals surface area contributed by atoms with Crippen molar-refractivity contribution in [3.8, 4) is 23.1 Å². The summed E-state index contributed by atoms with van der Waals surface area (Å²) < 4.78 is 16.5. The summed E-state index contributed by atoms with van der Waals surface area (Å²) in [6.45, 7) is 0.199. The standard InChI is InChI=1S/C21H18N2O4/c24-20(11-8-15-5-2-1-3-6-15)23-17-7-4-12-22-21(17)27-16-9-10-18-19(13-16)26-14-25-18/h1-7,9-10,12-13H,8,11,14H2,(H,23,24). The third kappa shape index (κ3) is 4.17. The number of hydrogen-bond donors (Lipinski definition) is 1. The number of aromatic nitrogens is 1. The van der Waals surface area contributed by atoms with Crippen molar-refractivity contribution in [1.82, 2.24) is 4.98 Å². The van der Waals surface area contributed by atoms with Crippen LogP contribution in [0.3, 0.4) is 0 Å². The third-order valence-electron chi connectivity index (χ3n) is 4.09. The highest BCUT2D eigenvalue weighted by atomic mass is 16.7. The van der Waals surface area contributed by atoms with Crippen molar-refractivity contribution in [2.45, 2.75) is 12.8 Å². The maximum Gasteiger partial charge on any atom is 0.243 e. The minimum absolute atomic E-state index is 0.0950. The van der Waals surface area contributed by atoms with Gasteiger partial charge in [0.05, 0.1) is 0 Å². The van der Waals surface area contributed by atoms with Crippen molar-refractivity contribution < 1.29 is 19.0 Å². The van der Waals surface area contributed by atoms with Gasteiger partial charge in [0.1, 0.15) is 11.4 Å². The minimum atomic E-state index is -0.0950. The Kier molecular flexibility index (Phi) is 4.87. The number of anilines is 1. The topological polar surface area (TPSA) is 69.7 Å². The number of nitrogens with zero attached hydrogens (tertiary/aromatic N) is 1. The average molecular weight is 362 g/mol. The van der Waals surface area contributed by atoms with Crippen LogP contribution in [0.5, 0.6) is 23.1 Å². The van der Waals surface area contributed by atoms with Crippen molar-refractivity contribution in [2.75, 3.05) is 12.1 Å². The molecular formula is C21H18N2O4. The summed E-state index contributed by atoms with van der Waals surface area (Å²) in [6.07, 6.45) is 2.66. The molecule has 136 valence electrons. The Bertz CT molecular complexity index is 944. The van der Waals surface area contributed by atoms with Crippen LogP contribution in [0, 0.1) is 0 Å². The number of hydrogen-bond acceptors (Lipinski definition) is 5. The molecule has 6 heteroatoms. The Morgan fingerprint density at radius 1 is 1.04 bits per heavy atom. The first kappa shape index (κ1) is 16.9. The lowest BCUT2D eigenvalue weighted by Gasteiger charge is -2.11. The highest BCUT2D eigenvalue weighted by molar-refractivity contribution is 5.92. The lowest BCUT2D eigenvalue weighted by Crippen LogP contribution is -2.13. The quantitative estimate of drug-likeness (QED) is 0.713. The molecule has 1 aliphatic heterocycles. The number of carbonyl (C=O) groups excluding carboxylic acids is 1. The Balaban J connectivity index is 1.42. The molecule has 6 nitrogen and oxygen atoms in total. The SMILES string of the molecule is O=C(CCc1ccccc1)Nc1cccnc1Oc1ccc2c(c1)OCO2. The molecule has 0 fully saturated rings. The van der Waals surface area contributed by atoms with Crippen LogP contribution in [0.15, 0.2) is 66.9 Å². The van der Waals surface area contributed by atoms with E-state index in [0.717, 1.165) is 5.56 Å². The van der Waals surface area contributed by atoms with Gasteiger partial charge in [0, 0.05) is 18.7 Å². The van der Waals surface area contributed by atoms with Crippen LogP contribution >= 0.6 is 0 Å². The Morgan fingerprint density at radius 2 is 1.89 bits per heavy atom. The van der Waals surface area contributed by atoms with E-state index in [9.17, 15) is 4.79 Å². The van der Waals surface area contributed by atoms with Gasteiger partial charge in [-0.25, -0.2) is 4.98 Å². The fourth-order valence-electron chi connectivity index (χ4n) is 2.73. The van der Waals surface area contributed by atoms with Gasteiger partial charge in [-0.05, 0) is 36.2 Å². The molecule has 2 heterocycles. The second-order valence-corrected chi connectivity index (χ2v) is 6.01. The highest BCUT2D eigenvalue weighted by Crippen LogP contribution is 2.37. The van der Waals surface area contributed by atoms with Gasteiger partial charge in [-0.3, -0.25) is 4.79 Å². The molecule has 1 aliphatic rings. The lowest BCUT2D eigenvalue weighted by atomic mass is 10.1. The van der Waals surface area contributed by atoms with Crippen molar-refractivity contribution >= 4 is 11.6 Å². The number of rotatable bonds is 6. The van der Waals surface area contributed by atoms with Crippen molar-refractivity contribution in [3.05, 3.63) is 72.4 Å². The summed E-state index contributed by atoms with van der Waals surface area (Å²) >= 11 is 0. The normalized spacial score (nSPS) is 11.9. The average Bonchev–Trinajstić information content (AvgIpc) is 3.17. The summed E-state index contributed by atoms with van der Waals surface area (Å²) in [5.74, 6) is 2.08. The Morgan fingerprint density at radius 3 is 2.78 bits per heavy atom. The van der Waals surface area contributed by atoms with E-state index in [2.05, 4.69) is 10.3 Å². The molecule has 0 atom stereocenters. The number of amides is 1. The smallest absolute Gasteiger partial charge is 0.243 e. The molecule has 4 rings (SSSR count). The molecular weight excluding hydrogens is 344 g/mol. The van der Waals surface area contributed by atoms with Gasteiger partial charge in [-0.2, -0.15) is 0 Å². The molecule has 0 spiro atoms. The van der Waals surface area contributed by atoms with Crippen LogP contribution in [0.4, 0.5) is 5.69 Å². The molecule has 1 aromatic heterocycles. The molecule has 3 aromatic rings. The van der Waals surface area contributed by atoms with Gasteiger partial charge in [0.15, 0.2) is 11.5 Å². The number of nitrogens with one attached hydrogen (secondary N) is 1. The molecule has 27 heavy (non-hydrogen) atoms. The van der Waals surface area contributed by atoms with E-state index in [1.807, 2.05) is 30.3 Å². The number of ether oxygens (including phenoxy) is 3. The van der Waals surface area contributed by atoms with Crippen molar-refractivity contribution in [2.24, 2.45) is 0 Å². The summed E-state index contributed by atoms with van der Waals surface area (Å²) in [6, 6.07) is 18.7. The number of fused-ring (bicyclic) bond motifs is 1. The molecule has 0 bridgehead atoms. The summed E-state index contributed by atoms with van der Waals surface area (Å²) in [5.41, 5.74) is 1.64. The molecule has 0 unspecified atom stereocenters. The van der Waals surface area contributed by atoms with E-state index < -0.39 is 0 Å². The first-order valence-electron chi connectivity index (χ1n) is 8.64. The molecule has 0 saturated heterocycles. The zero-order chi connectivity index (χ0) is 18.5. The van der Waals surface area contributed by atoms with Gasteiger partial charge in [-0.1, -0.05) is 30.3 Å². The van der Waals surface area contributed by atoms with Gasteiger partial charge in [0.2, 0.25) is 18.6 Å². The predicted molar refractivity (Wildman–Crippen MR) is 100 cm³/mol. The van der Waals surface area contributed by atoms with Crippen LogP contribution in [0.25, 0.3) is 0 Å². The number of benzene rings is 2. The van der Waals surface area contributed by atoms with Crippen molar-refractivity contribution in [3.63, 3.8) is 0 Å². The Hall–Kier alpha value is -3.54. The maximum absolute atomic E-state index is 12.3. The highest BCUT2D eigenvalue weighted by Gasteiger charge is 2.15. The lowest BCUT2D eigenvalue weighted by molar-refractivity contribution is -0.116. The molecule has 1 N–H and O–H groups in total. The molecule has 0 aliphatic carbocycles. The van der Waals surface area contributed by atoms with Crippen LogP contribution in [-0.2, 0) is 11.2 Å². The zero-order valence-electron chi connectivity index (χ0n) is 14.6. The van der Waals surface area contributed by atoms with E-state index in [1.165, 1.54) is 0 Å². The molecule has 2 aromatic carbocycles. The summed E-state index contributed by atoms with van der Waals surface area (Å²) in [7, 11) is 0. The van der Waals surface area contributed by atoms with Crippen LogP contribution in [-0.4, -0.2) is 17.7 Å². The monoisotopic (exact) mass is 362 g/mol. The van der Waals surface area contributed by atoms with Crippen LogP contribution in [0.2, 0.25) is 0 Å². The van der Waals surface area contributed by atoms with Crippen LogP contribution < -0.4 is 19.5 Å². The van der Waals surface area contributed by atoms with Crippen LogP contribution in [0.1, 0.15) is 12.0 Å². The van der Waals surface area contributed by atoms with E-state index in [-0.39, 0.29) is 12.7 Å². The second kappa shape index (κ2) is 7.78. The van der Waals surface area contributed by atoms with E-state index in [4.69, 9.17) is 14.2 Å². The molecule has 0 radical (unpaired) electrons. The number of aryl methyl sites for hydroxylation is 1. The largest absolute Gasteiger partial charge is 0.454 e. The van der Waals surface area contributed by atoms with E-state index in [1.54, 1.807) is 36.5 Å². The minimum Gasteiger partial charge on any atom is -0.454 e. The predicted octanol–water partition coefficient (Wildman–Crippen LogP) is 4.17. The Labute approximate surface area is 156 Å². The summed E-state index contributed by atoms with van der Waals surface area (Å²) in [5, 5.41) is 2.87. The maximum atomic E-state index is 12.3. The zero-order valence-corrected chi connectivity index (χ0v) is 14.6. The first-order chi connectivity index (χ1) is 13.3. The van der Waals surface area contributed by atoms with Gasteiger partial charge in [-0.15, -0.1) is 0 Å². The number of carbonyl (C=O) groups is 1. The van der Waals surface area contributed by atoms with E-state index in [0.29, 0.717) is 41.7 Å². The van der Waals surface area contributed by atoms with Crippen molar-refractivity contribution in [1.29, 1.82) is 0 Å². The fraction of sp³-hybridized carbons (Fsp3) is 0.143. The third-order valence-corrected chi connectivity index (χ3v) is 4.09. The van der Waals surface area contributed by atoms with Gasteiger partial charge < -0.3 is 19.5 Å². The fourth-order valence-corrected chi connectivity index (χ4v) is 2.73. The van der Waals surface area contributed by atoms with Gasteiger partial charge >= 0.3 is 0 Å². The number of pyridine rings is 1. The van der Waals surface area contributed by atoms with Gasteiger partial charge in [0.25, 0.3) is 0 Å². The molecule has 0 saturated carbocycles.